The second-order valence-electron chi connectivity index (χ2n) is 4.77. The molecular weight excluding hydrogens is 309 g/mol. The highest BCUT2D eigenvalue weighted by Crippen LogP contribution is 2.19. The van der Waals surface area contributed by atoms with Crippen LogP contribution < -0.4 is 16.0 Å². The van der Waals surface area contributed by atoms with Gasteiger partial charge in [-0.25, -0.2) is 9.18 Å². The molecule has 1 aromatic rings. The summed E-state index contributed by atoms with van der Waals surface area (Å²) in [6.07, 6.45) is 5.90. The molecule has 0 fully saturated rings. The molecule has 116 valence electrons. The summed E-state index contributed by atoms with van der Waals surface area (Å²) in [7, 11) is 0. The van der Waals surface area contributed by atoms with E-state index >= 15 is 0 Å². The van der Waals surface area contributed by atoms with E-state index in [1.807, 2.05) is 0 Å². The molecule has 2 rings (SSSR count). The predicted octanol–water partition coefficient (Wildman–Crippen LogP) is 2.95. The van der Waals surface area contributed by atoms with Crippen LogP contribution in [0.1, 0.15) is 13.3 Å². The lowest BCUT2D eigenvalue weighted by Gasteiger charge is -2.17. The van der Waals surface area contributed by atoms with Crippen LogP contribution in [-0.2, 0) is 4.79 Å². The third-order valence-electron chi connectivity index (χ3n) is 2.92. The van der Waals surface area contributed by atoms with Gasteiger partial charge in [0.1, 0.15) is 5.82 Å². The number of carbonyl (C=O) groups excluding carboxylic acids is 2. The Morgan fingerprint density at radius 2 is 2.09 bits per heavy atom. The van der Waals surface area contributed by atoms with Crippen molar-refractivity contribution in [3.63, 3.8) is 0 Å². The second-order valence-corrected chi connectivity index (χ2v) is 5.18. The molecule has 1 aliphatic rings. The van der Waals surface area contributed by atoms with Crippen LogP contribution in [0.15, 0.2) is 42.1 Å². The van der Waals surface area contributed by atoms with Crippen LogP contribution in [0.3, 0.4) is 0 Å². The van der Waals surface area contributed by atoms with E-state index < -0.39 is 11.8 Å². The number of carbonyl (C=O) groups is 2. The van der Waals surface area contributed by atoms with Crippen LogP contribution >= 0.6 is 11.6 Å². The van der Waals surface area contributed by atoms with Crippen molar-refractivity contribution in [1.29, 1.82) is 0 Å². The molecule has 0 aliphatic heterocycles. The molecule has 1 aromatic carbocycles. The summed E-state index contributed by atoms with van der Waals surface area (Å²) in [6, 6.07) is 3.39. The number of halogens is 2. The molecule has 0 saturated carbocycles. The molecule has 0 radical (unpaired) electrons. The first-order chi connectivity index (χ1) is 10.4. The Morgan fingerprint density at radius 1 is 1.32 bits per heavy atom. The molecule has 0 aromatic heterocycles. The Balaban J connectivity index is 1.88. The topological polar surface area (TPSA) is 70.2 Å². The Bertz CT molecular complexity index is 658. The molecule has 0 bridgehead atoms. The highest BCUT2D eigenvalue weighted by molar-refractivity contribution is 6.31. The summed E-state index contributed by atoms with van der Waals surface area (Å²) in [4.78, 5) is 22.8. The van der Waals surface area contributed by atoms with E-state index in [2.05, 4.69) is 16.0 Å². The van der Waals surface area contributed by atoms with E-state index in [9.17, 15) is 14.0 Å². The fourth-order valence-corrected chi connectivity index (χ4v) is 2.13. The largest absolute Gasteiger partial charge is 0.350 e. The van der Waals surface area contributed by atoms with Gasteiger partial charge in [-0.2, -0.15) is 0 Å². The lowest BCUT2D eigenvalue weighted by Crippen LogP contribution is -2.34. The minimum atomic E-state index is -0.547. The third-order valence-corrected chi connectivity index (χ3v) is 3.21. The van der Waals surface area contributed by atoms with Gasteiger partial charge in [0.25, 0.3) is 0 Å². The number of urea groups is 1. The molecule has 3 N–H and O–H groups in total. The highest BCUT2D eigenvalue weighted by atomic mass is 35.5. The van der Waals surface area contributed by atoms with Crippen molar-refractivity contribution in [2.45, 2.75) is 19.4 Å². The molecule has 0 spiro atoms. The zero-order valence-electron chi connectivity index (χ0n) is 11.8. The molecule has 5 nitrogen and oxygen atoms in total. The quantitative estimate of drug-likeness (QED) is 0.800. The van der Waals surface area contributed by atoms with E-state index in [0.29, 0.717) is 17.8 Å². The summed E-state index contributed by atoms with van der Waals surface area (Å²) in [5.74, 6) is -0.653. The fourth-order valence-electron chi connectivity index (χ4n) is 1.95. The van der Waals surface area contributed by atoms with E-state index in [1.54, 1.807) is 18.2 Å². The first kappa shape index (κ1) is 16.0. The van der Waals surface area contributed by atoms with Gasteiger partial charge in [0.15, 0.2) is 0 Å². The van der Waals surface area contributed by atoms with Gasteiger partial charge >= 0.3 is 6.03 Å². The molecular formula is C15H15ClFN3O2. The van der Waals surface area contributed by atoms with Crippen LogP contribution in [0, 0.1) is 5.82 Å². The van der Waals surface area contributed by atoms with Gasteiger partial charge in [-0.3, -0.25) is 4.79 Å². The number of anilines is 1. The molecule has 1 unspecified atom stereocenters. The molecule has 22 heavy (non-hydrogen) atoms. The first-order valence-corrected chi connectivity index (χ1v) is 7.00. The molecule has 0 heterocycles. The average molecular weight is 324 g/mol. The van der Waals surface area contributed by atoms with Crippen LogP contribution in [0.2, 0.25) is 5.02 Å². The summed E-state index contributed by atoms with van der Waals surface area (Å²) in [5.41, 5.74) is 1.01. The minimum absolute atomic E-state index is 0.0623. The highest BCUT2D eigenvalue weighted by Gasteiger charge is 2.11. The maximum atomic E-state index is 13.0. The minimum Gasteiger partial charge on any atom is -0.350 e. The van der Waals surface area contributed by atoms with Crippen molar-refractivity contribution in [1.82, 2.24) is 10.6 Å². The molecule has 0 saturated heterocycles. The van der Waals surface area contributed by atoms with Gasteiger partial charge in [-0.05, 0) is 30.7 Å². The van der Waals surface area contributed by atoms with E-state index in [4.69, 9.17) is 11.6 Å². The Labute approximate surface area is 132 Å². The molecule has 1 atom stereocenters. The number of hydrogen-bond donors (Lipinski definition) is 3. The number of allylic oxidation sites excluding steroid dienone is 1. The van der Waals surface area contributed by atoms with Gasteiger partial charge in [-0.1, -0.05) is 23.8 Å². The van der Waals surface area contributed by atoms with Crippen molar-refractivity contribution in [3.8, 4) is 0 Å². The van der Waals surface area contributed by atoms with E-state index in [1.165, 1.54) is 25.1 Å². The smallest absolute Gasteiger partial charge is 0.323 e. The zero-order chi connectivity index (χ0) is 16.1. The SMILES string of the molecule is CC(=O)NC1C=CC(NC(=O)Nc2ccc(F)c(Cl)c2)=CC1. The number of rotatable bonds is 3. The van der Waals surface area contributed by atoms with Crippen LogP contribution in [-0.4, -0.2) is 18.0 Å². The van der Waals surface area contributed by atoms with Crippen LogP contribution in [0.25, 0.3) is 0 Å². The van der Waals surface area contributed by atoms with Crippen molar-refractivity contribution < 1.29 is 14.0 Å². The van der Waals surface area contributed by atoms with Crippen molar-refractivity contribution in [2.24, 2.45) is 0 Å². The lowest BCUT2D eigenvalue weighted by molar-refractivity contribution is -0.119. The Hall–Kier alpha value is -2.34. The van der Waals surface area contributed by atoms with Gasteiger partial charge in [0.05, 0.1) is 11.1 Å². The zero-order valence-corrected chi connectivity index (χ0v) is 12.6. The standard InChI is InChI=1S/C15H15ClFN3O2/c1-9(21)18-10-2-4-11(5-3-10)19-15(22)20-12-6-7-14(17)13(16)8-12/h2,4-8,10H,3H2,1H3,(H,18,21)(H2,19,20,22). The maximum absolute atomic E-state index is 13.0. The van der Waals surface area contributed by atoms with Gasteiger partial charge in [0.2, 0.25) is 5.91 Å². The van der Waals surface area contributed by atoms with Crippen LogP contribution in [0.4, 0.5) is 14.9 Å². The Kier molecular flexibility index (Phi) is 5.16. The van der Waals surface area contributed by atoms with E-state index in [0.717, 1.165) is 0 Å². The predicted molar refractivity (Wildman–Crippen MR) is 83.0 cm³/mol. The van der Waals surface area contributed by atoms with Gasteiger partial charge < -0.3 is 16.0 Å². The maximum Gasteiger partial charge on any atom is 0.323 e. The fraction of sp³-hybridized carbons (Fsp3) is 0.200. The Morgan fingerprint density at radius 3 is 2.68 bits per heavy atom. The molecule has 7 heteroatoms. The van der Waals surface area contributed by atoms with Crippen molar-refractivity contribution in [2.75, 3.05) is 5.32 Å². The number of benzene rings is 1. The summed E-state index contributed by atoms with van der Waals surface area (Å²) in [5, 5.41) is 7.90. The second kappa shape index (κ2) is 7.09. The molecule has 3 amide bonds. The first-order valence-electron chi connectivity index (χ1n) is 6.62. The molecule has 1 aliphatic carbocycles. The van der Waals surface area contributed by atoms with Crippen molar-refractivity contribution in [3.05, 3.63) is 53.0 Å². The summed E-state index contributed by atoms with van der Waals surface area (Å²) < 4.78 is 13.0. The van der Waals surface area contributed by atoms with Crippen molar-refractivity contribution >= 4 is 29.2 Å². The van der Waals surface area contributed by atoms with E-state index in [-0.39, 0.29) is 17.0 Å². The monoisotopic (exact) mass is 323 g/mol. The number of nitrogens with one attached hydrogen (secondary N) is 3. The average Bonchev–Trinajstić information content (AvgIpc) is 2.44. The van der Waals surface area contributed by atoms with Crippen LogP contribution in [0.5, 0.6) is 0 Å². The normalized spacial score (nSPS) is 16.7. The van der Waals surface area contributed by atoms with Gasteiger partial charge in [-0.15, -0.1) is 0 Å². The lowest BCUT2D eigenvalue weighted by atomic mass is 10.1. The summed E-state index contributed by atoms with van der Waals surface area (Å²) in [6.45, 7) is 1.45. The van der Waals surface area contributed by atoms with Gasteiger partial charge in [0, 0.05) is 18.3 Å². The summed E-state index contributed by atoms with van der Waals surface area (Å²) >= 11 is 5.64. The number of hydrogen-bond acceptors (Lipinski definition) is 2. The third kappa shape index (κ3) is 4.60. The number of amides is 3.